The molecule has 3 rings (SSSR count). The topological polar surface area (TPSA) is 46.6 Å². The number of hydrogen-bond acceptors (Lipinski definition) is 4. The lowest BCUT2D eigenvalue weighted by molar-refractivity contribution is 0.0301. The molecule has 1 atom stereocenters. The molecule has 1 aliphatic heterocycles. The van der Waals surface area contributed by atoms with Crippen molar-refractivity contribution >= 4 is 11.6 Å². The first kappa shape index (κ1) is 19.2. The van der Waals surface area contributed by atoms with Gasteiger partial charge in [0.25, 0.3) is 0 Å². The summed E-state index contributed by atoms with van der Waals surface area (Å²) in [5.41, 5.74) is 1.76. The third kappa shape index (κ3) is 5.22. The van der Waals surface area contributed by atoms with Gasteiger partial charge >= 0.3 is 0 Å². The van der Waals surface area contributed by atoms with Gasteiger partial charge in [0.1, 0.15) is 0 Å². The van der Waals surface area contributed by atoms with Gasteiger partial charge in [-0.1, -0.05) is 67.2 Å². The summed E-state index contributed by atoms with van der Waals surface area (Å²) in [7, 11) is 0. The van der Waals surface area contributed by atoms with Crippen LogP contribution in [0.25, 0.3) is 0 Å². The SMILES string of the molecule is C=C(C[C@@H](CN1CCOCC1)C(=O)c1ccccc1)C(=O)c1ccccc1. The second-order valence-electron chi connectivity index (χ2n) is 6.84. The van der Waals surface area contributed by atoms with Gasteiger partial charge < -0.3 is 4.74 Å². The smallest absolute Gasteiger partial charge is 0.188 e. The Kier molecular flexibility index (Phi) is 6.69. The van der Waals surface area contributed by atoms with Crippen LogP contribution in [0.3, 0.4) is 0 Å². The second-order valence-corrected chi connectivity index (χ2v) is 6.84. The van der Waals surface area contributed by atoms with Crippen LogP contribution in [0.1, 0.15) is 27.1 Å². The Morgan fingerprint density at radius 2 is 1.48 bits per heavy atom. The molecule has 0 saturated carbocycles. The lowest BCUT2D eigenvalue weighted by atomic mass is 9.88. The molecule has 0 aliphatic carbocycles. The van der Waals surface area contributed by atoms with E-state index in [4.69, 9.17) is 4.74 Å². The molecular weight excluding hydrogens is 338 g/mol. The van der Waals surface area contributed by atoms with E-state index in [9.17, 15) is 9.59 Å². The summed E-state index contributed by atoms with van der Waals surface area (Å²) in [6, 6.07) is 18.4. The van der Waals surface area contributed by atoms with Crippen LogP contribution < -0.4 is 0 Å². The molecule has 0 bridgehead atoms. The minimum atomic E-state index is -0.300. The molecule has 0 N–H and O–H groups in total. The highest BCUT2D eigenvalue weighted by Crippen LogP contribution is 2.21. The first-order valence-corrected chi connectivity index (χ1v) is 9.32. The summed E-state index contributed by atoms with van der Waals surface area (Å²) >= 11 is 0. The van der Waals surface area contributed by atoms with Gasteiger partial charge in [0.05, 0.1) is 13.2 Å². The molecule has 4 nitrogen and oxygen atoms in total. The number of allylic oxidation sites excluding steroid dienone is 1. The maximum absolute atomic E-state index is 13.1. The summed E-state index contributed by atoms with van der Waals surface area (Å²) in [5.74, 6) is -0.335. The van der Waals surface area contributed by atoms with Gasteiger partial charge in [0.2, 0.25) is 0 Å². The fourth-order valence-electron chi connectivity index (χ4n) is 3.36. The maximum atomic E-state index is 13.1. The number of ketones is 2. The van der Waals surface area contributed by atoms with Crippen molar-refractivity contribution < 1.29 is 14.3 Å². The van der Waals surface area contributed by atoms with E-state index in [1.807, 2.05) is 48.5 Å². The van der Waals surface area contributed by atoms with Crippen molar-refractivity contribution in [2.24, 2.45) is 5.92 Å². The maximum Gasteiger partial charge on any atom is 0.188 e. The van der Waals surface area contributed by atoms with E-state index in [1.165, 1.54) is 0 Å². The fourth-order valence-corrected chi connectivity index (χ4v) is 3.36. The molecular formula is C23H25NO3. The highest BCUT2D eigenvalue weighted by Gasteiger charge is 2.26. The van der Waals surface area contributed by atoms with Crippen LogP contribution in [0.5, 0.6) is 0 Å². The highest BCUT2D eigenvalue weighted by molar-refractivity contribution is 6.09. The summed E-state index contributed by atoms with van der Waals surface area (Å²) < 4.78 is 5.41. The van der Waals surface area contributed by atoms with E-state index >= 15 is 0 Å². The van der Waals surface area contributed by atoms with Crippen LogP contribution in [-0.2, 0) is 4.74 Å². The zero-order chi connectivity index (χ0) is 19.1. The number of nitrogens with zero attached hydrogens (tertiary/aromatic N) is 1. The van der Waals surface area contributed by atoms with Crippen LogP contribution >= 0.6 is 0 Å². The number of hydrogen-bond donors (Lipinski definition) is 0. The van der Waals surface area contributed by atoms with Crippen molar-refractivity contribution in [3.63, 3.8) is 0 Å². The fraction of sp³-hybridized carbons (Fsp3) is 0.304. The van der Waals surface area contributed by atoms with Gasteiger partial charge in [-0.15, -0.1) is 0 Å². The Morgan fingerprint density at radius 1 is 0.926 bits per heavy atom. The average molecular weight is 363 g/mol. The van der Waals surface area contributed by atoms with Gasteiger partial charge in [0, 0.05) is 36.7 Å². The number of ether oxygens (including phenoxy) is 1. The molecule has 0 aromatic heterocycles. The van der Waals surface area contributed by atoms with E-state index in [1.54, 1.807) is 12.1 Å². The van der Waals surface area contributed by atoms with E-state index in [2.05, 4.69) is 11.5 Å². The molecule has 140 valence electrons. The van der Waals surface area contributed by atoms with Crippen molar-refractivity contribution in [3.05, 3.63) is 83.9 Å². The van der Waals surface area contributed by atoms with Gasteiger partial charge in [0.15, 0.2) is 11.6 Å². The number of Topliss-reactive ketones (excluding diaryl/α,β-unsaturated/α-hetero) is 2. The Labute approximate surface area is 160 Å². The first-order valence-electron chi connectivity index (χ1n) is 9.32. The lowest BCUT2D eigenvalue weighted by Crippen LogP contribution is -2.41. The van der Waals surface area contributed by atoms with Crippen LogP contribution in [-0.4, -0.2) is 49.3 Å². The quantitative estimate of drug-likeness (QED) is 0.531. The number of carbonyl (C=O) groups is 2. The molecule has 1 heterocycles. The van der Waals surface area contributed by atoms with Gasteiger partial charge in [-0.25, -0.2) is 0 Å². The lowest BCUT2D eigenvalue weighted by Gasteiger charge is -2.30. The summed E-state index contributed by atoms with van der Waals surface area (Å²) in [4.78, 5) is 28.0. The van der Waals surface area contributed by atoms with Crippen LogP contribution in [0, 0.1) is 5.92 Å². The average Bonchev–Trinajstić information content (AvgIpc) is 2.74. The standard InChI is InChI=1S/C23H25NO3/c1-18(22(25)19-8-4-2-5-9-19)16-21(17-24-12-14-27-15-13-24)23(26)20-10-6-3-7-11-20/h2-11,21H,1,12-17H2/t21-/m0/s1. The normalized spacial score (nSPS) is 15.9. The predicted molar refractivity (Wildman–Crippen MR) is 106 cm³/mol. The molecule has 1 fully saturated rings. The molecule has 0 unspecified atom stereocenters. The van der Waals surface area contributed by atoms with Gasteiger partial charge in [-0.2, -0.15) is 0 Å². The van der Waals surface area contributed by atoms with Crippen molar-refractivity contribution in [1.82, 2.24) is 4.90 Å². The zero-order valence-electron chi connectivity index (χ0n) is 15.5. The molecule has 4 heteroatoms. The molecule has 0 spiro atoms. The van der Waals surface area contributed by atoms with Crippen LogP contribution in [0.15, 0.2) is 72.8 Å². The van der Waals surface area contributed by atoms with Crippen LogP contribution in [0.2, 0.25) is 0 Å². The predicted octanol–water partition coefficient (Wildman–Crippen LogP) is 3.65. The third-order valence-corrected chi connectivity index (χ3v) is 4.86. The van der Waals surface area contributed by atoms with Crippen molar-refractivity contribution in [2.75, 3.05) is 32.8 Å². The number of rotatable bonds is 8. The number of benzene rings is 2. The Bertz CT molecular complexity index is 780. The Balaban J connectivity index is 1.75. The summed E-state index contributed by atoms with van der Waals surface area (Å²) in [6.45, 7) is 7.56. The van der Waals surface area contributed by atoms with Crippen molar-refractivity contribution in [1.29, 1.82) is 0 Å². The van der Waals surface area contributed by atoms with Crippen molar-refractivity contribution in [3.8, 4) is 0 Å². The van der Waals surface area contributed by atoms with E-state index in [0.717, 1.165) is 13.1 Å². The molecule has 0 amide bonds. The minimum absolute atomic E-state index is 0.0594. The van der Waals surface area contributed by atoms with Gasteiger partial charge in [-0.3, -0.25) is 14.5 Å². The summed E-state index contributed by atoms with van der Waals surface area (Å²) in [5, 5.41) is 0. The summed E-state index contributed by atoms with van der Waals surface area (Å²) in [6.07, 6.45) is 0.360. The third-order valence-electron chi connectivity index (χ3n) is 4.86. The number of morpholine rings is 1. The Morgan fingerprint density at radius 3 is 2.07 bits per heavy atom. The van der Waals surface area contributed by atoms with Crippen LogP contribution in [0.4, 0.5) is 0 Å². The first-order chi connectivity index (χ1) is 13.1. The molecule has 1 aliphatic rings. The van der Waals surface area contributed by atoms with E-state index in [-0.39, 0.29) is 17.5 Å². The van der Waals surface area contributed by atoms with E-state index < -0.39 is 0 Å². The van der Waals surface area contributed by atoms with Gasteiger partial charge in [-0.05, 0) is 12.0 Å². The number of carbonyl (C=O) groups excluding carboxylic acids is 2. The minimum Gasteiger partial charge on any atom is -0.379 e. The Hall–Kier alpha value is -2.56. The molecule has 1 saturated heterocycles. The molecule has 0 radical (unpaired) electrons. The van der Waals surface area contributed by atoms with E-state index in [0.29, 0.717) is 42.9 Å². The molecule has 2 aromatic rings. The zero-order valence-corrected chi connectivity index (χ0v) is 15.5. The highest BCUT2D eigenvalue weighted by atomic mass is 16.5. The molecule has 2 aromatic carbocycles. The largest absolute Gasteiger partial charge is 0.379 e. The second kappa shape index (κ2) is 9.40. The molecule has 27 heavy (non-hydrogen) atoms. The van der Waals surface area contributed by atoms with Crippen molar-refractivity contribution in [2.45, 2.75) is 6.42 Å². The monoisotopic (exact) mass is 363 g/mol.